The molecule has 0 spiro atoms. The van der Waals surface area contributed by atoms with Crippen molar-refractivity contribution in [2.75, 3.05) is 0 Å². The van der Waals surface area contributed by atoms with E-state index in [0.29, 0.717) is 23.6 Å². The van der Waals surface area contributed by atoms with E-state index in [0.717, 1.165) is 17.2 Å². The molecule has 4 aromatic rings. The lowest BCUT2D eigenvalue weighted by atomic mass is 10.1. The average molecular weight is 384 g/mol. The fraction of sp³-hybridized carbons (Fsp3) is 0.0870. The summed E-state index contributed by atoms with van der Waals surface area (Å²) >= 11 is 0. The van der Waals surface area contributed by atoms with E-state index in [1.807, 2.05) is 72.3 Å². The van der Waals surface area contributed by atoms with Gasteiger partial charge < -0.3 is 10.1 Å². The van der Waals surface area contributed by atoms with Crippen molar-refractivity contribution < 1.29 is 9.53 Å². The quantitative estimate of drug-likeness (QED) is 0.538. The number of nitrogens with one attached hydrogen (secondary N) is 1. The molecule has 0 aliphatic heterocycles. The van der Waals surface area contributed by atoms with E-state index in [1.54, 1.807) is 24.5 Å². The summed E-state index contributed by atoms with van der Waals surface area (Å²) in [6.45, 7) is 2.29. The molecule has 6 heteroatoms. The van der Waals surface area contributed by atoms with E-state index < -0.39 is 0 Å². The van der Waals surface area contributed by atoms with Gasteiger partial charge in [0, 0.05) is 25.1 Å². The number of hydrogen-bond acceptors (Lipinski definition) is 4. The predicted octanol–water partition coefficient (Wildman–Crippen LogP) is 4.30. The number of nitrogens with zero attached hydrogens (tertiary/aromatic N) is 3. The highest BCUT2D eigenvalue weighted by Crippen LogP contribution is 2.25. The maximum atomic E-state index is 12.8. The number of ether oxygens (including phenoxy) is 1. The van der Waals surface area contributed by atoms with Gasteiger partial charge in [-0.05, 0) is 48.9 Å². The van der Waals surface area contributed by atoms with E-state index in [1.165, 1.54) is 0 Å². The molecule has 0 atom stereocenters. The molecular weight excluding hydrogens is 364 g/mol. The summed E-state index contributed by atoms with van der Waals surface area (Å²) in [4.78, 5) is 21.4. The first-order valence-corrected chi connectivity index (χ1v) is 9.26. The Morgan fingerprint density at radius 2 is 1.79 bits per heavy atom. The fourth-order valence-corrected chi connectivity index (χ4v) is 2.96. The topological polar surface area (TPSA) is 69.0 Å². The molecule has 0 aliphatic rings. The number of rotatable bonds is 6. The van der Waals surface area contributed by atoms with Gasteiger partial charge in [0.15, 0.2) is 0 Å². The van der Waals surface area contributed by atoms with Crippen molar-refractivity contribution in [1.29, 1.82) is 0 Å². The first kappa shape index (κ1) is 18.4. The second-order valence-corrected chi connectivity index (χ2v) is 6.46. The van der Waals surface area contributed by atoms with Gasteiger partial charge >= 0.3 is 0 Å². The number of aromatic nitrogens is 3. The van der Waals surface area contributed by atoms with Gasteiger partial charge in [-0.25, -0.2) is 9.97 Å². The number of amides is 1. The standard InChI is InChI=1S/C23H20N4O2/c1-17-24-13-14-27(17)22-15-18(11-12-25-22)16-26-23(28)20-9-5-6-10-21(20)29-19-7-3-2-4-8-19/h2-15H,16H2,1H3,(H,26,28). The molecule has 2 aromatic carbocycles. The van der Waals surface area contributed by atoms with Crippen LogP contribution in [0.25, 0.3) is 5.82 Å². The van der Waals surface area contributed by atoms with Crippen LogP contribution in [-0.4, -0.2) is 20.4 Å². The SMILES string of the molecule is Cc1nccn1-c1cc(CNC(=O)c2ccccc2Oc2ccccc2)ccn1. The summed E-state index contributed by atoms with van der Waals surface area (Å²) in [5.74, 6) is 2.61. The van der Waals surface area contributed by atoms with Crippen LogP contribution in [-0.2, 0) is 6.54 Å². The van der Waals surface area contributed by atoms with Gasteiger partial charge in [0.2, 0.25) is 0 Å². The molecule has 4 rings (SSSR count). The third-order valence-electron chi connectivity index (χ3n) is 4.44. The lowest BCUT2D eigenvalue weighted by Crippen LogP contribution is -2.23. The highest BCUT2D eigenvalue weighted by molar-refractivity contribution is 5.97. The number of carbonyl (C=O) groups excluding carboxylic acids is 1. The molecule has 0 bridgehead atoms. The second kappa shape index (κ2) is 8.39. The molecule has 6 nitrogen and oxygen atoms in total. The molecule has 2 heterocycles. The Hall–Kier alpha value is -3.93. The van der Waals surface area contributed by atoms with E-state index in [-0.39, 0.29) is 5.91 Å². The van der Waals surface area contributed by atoms with E-state index >= 15 is 0 Å². The van der Waals surface area contributed by atoms with Crippen molar-refractivity contribution in [3.63, 3.8) is 0 Å². The van der Waals surface area contributed by atoms with Gasteiger partial charge in [-0.1, -0.05) is 30.3 Å². The minimum Gasteiger partial charge on any atom is -0.457 e. The first-order chi connectivity index (χ1) is 14.2. The highest BCUT2D eigenvalue weighted by Gasteiger charge is 2.13. The van der Waals surface area contributed by atoms with Crippen molar-refractivity contribution in [2.24, 2.45) is 0 Å². The molecule has 0 radical (unpaired) electrons. The van der Waals surface area contributed by atoms with Crippen LogP contribution < -0.4 is 10.1 Å². The molecule has 1 amide bonds. The summed E-state index contributed by atoms with van der Waals surface area (Å²) in [5, 5.41) is 2.96. The molecule has 0 unspecified atom stereocenters. The summed E-state index contributed by atoms with van der Waals surface area (Å²) in [5.41, 5.74) is 1.42. The molecule has 0 saturated carbocycles. The molecule has 0 fully saturated rings. The summed E-state index contributed by atoms with van der Waals surface area (Å²) in [7, 11) is 0. The largest absolute Gasteiger partial charge is 0.457 e. The van der Waals surface area contributed by atoms with Crippen LogP contribution in [0.3, 0.4) is 0 Å². The van der Waals surface area contributed by atoms with Gasteiger partial charge in [0.05, 0.1) is 5.56 Å². The Labute approximate surface area is 168 Å². The van der Waals surface area contributed by atoms with Gasteiger partial charge in [0.25, 0.3) is 5.91 Å². The molecule has 29 heavy (non-hydrogen) atoms. The van der Waals surface area contributed by atoms with Crippen molar-refractivity contribution in [2.45, 2.75) is 13.5 Å². The summed E-state index contributed by atoms with van der Waals surface area (Å²) in [6, 6.07) is 20.4. The van der Waals surface area contributed by atoms with Crippen LogP contribution in [0.15, 0.2) is 85.3 Å². The maximum absolute atomic E-state index is 12.8. The first-order valence-electron chi connectivity index (χ1n) is 9.26. The number of imidazole rings is 1. The fourth-order valence-electron chi connectivity index (χ4n) is 2.96. The lowest BCUT2D eigenvalue weighted by molar-refractivity contribution is 0.0948. The van der Waals surface area contributed by atoms with E-state index in [4.69, 9.17) is 4.74 Å². The number of aryl methyl sites for hydroxylation is 1. The Balaban J connectivity index is 1.48. The van der Waals surface area contributed by atoms with Crippen LogP contribution >= 0.6 is 0 Å². The normalized spacial score (nSPS) is 10.5. The number of carbonyl (C=O) groups is 1. The summed E-state index contributed by atoms with van der Waals surface area (Å²) < 4.78 is 7.78. The molecule has 0 saturated heterocycles. The molecule has 2 aromatic heterocycles. The van der Waals surface area contributed by atoms with Gasteiger partial charge in [-0.3, -0.25) is 9.36 Å². The second-order valence-electron chi connectivity index (χ2n) is 6.46. The minimum absolute atomic E-state index is 0.200. The zero-order valence-electron chi connectivity index (χ0n) is 15.9. The van der Waals surface area contributed by atoms with E-state index in [2.05, 4.69) is 15.3 Å². The van der Waals surface area contributed by atoms with E-state index in [9.17, 15) is 4.79 Å². The van der Waals surface area contributed by atoms with Crippen LogP contribution in [0.5, 0.6) is 11.5 Å². The van der Waals surface area contributed by atoms with Crippen molar-refractivity contribution in [3.8, 4) is 17.3 Å². The Bertz CT molecular complexity index is 1120. The Kier molecular flexibility index (Phi) is 5.33. The monoisotopic (exact) mass is 384 g/mol. The number of hydrogen-bond donors (Lipinski definition) is 1. The van der Waals surface area contributed by atoms with Crippen molar-refractivity contribution >= 4 is 5.91 Å². The van der Waals surface area contributed by atoms with Crippen LogP contribution in [0.2, 0.25) is 0 Å². The average Bonchev–Trinajstić information content (AvgIpc) is 3.19. The molecular formula is C23H20N4O2. The molecule has 1 N–H and O–H groups in total. The number of benzene rings is 2. The number of para-hydroxylation sites is 2. The van der Waals surface area contributed by atoms with Crippen LogP contribution in [0, 0.1) is 6.92 Å². The molecule has 144 valence electrons. The highest BCUT2D eigenvalue weighted by atomic mass is 16.5. The van der Waals surface area contributed by atoms with Gasteiger partial charge in [-0.2, -0.15) is 0 Å². The van der Waals surface area contributed by atoms with Crippen LogP contribution in [0.1, 0.15) is 21.7 Å². The molecule has 0 aliphatic carbocycles. The van der Waals surface area contributed by atoms with Gasteiger partial charge in [-0.15, -0.1) is 0 Å². The summed E-state index contributed by atoms with van der Waals surface area (Å²) in [6.07, 6.45) is 5.31. The Morgan fingerprint density at radius 3 is 2.59 bits per heavy atom. The predicted molar refractivity (Wildman–Crippen MR) is 110 cm³/mol. The third-order valence-corrected chi connectivity index (χ3v) is 4.44. The van der Waals surface area contributed by atoms with Crippen molar-refractivity contribution in [3.05, 3.63) is 102 Å². The zero-order chi connectivity index (χ0) is 20.1. The maximum Gasteiger partial charge on any atom is 0.255 e. The van der Waals surface area contributed by atoms with Crippen molar-refractivity contribution in [1.82, 2.24) is 19.9 Å². The number of pyridine rings is 1. The lowest BCUT2D eigenvalue weighted by Gasteiger charge is -2.12. The minimum atomic E-state index is -0.200. The van der Waals surface area contributed by atoms with Crippen LogP contribution in [0.4, 0.5) is 0 Å². The zero-order valence-corrected chi connectivity index (χ0v) is 15.9. The Morgan fingerprint density at radius 1 is 1.00 bits per heavy atom. The smallest absolute Gasteiger partial charge is 0.255 e. The van der Waals surface area contributed by atoms with Gasteiger partial charge in [0.1, 0.15) is 23.1 Å². The third kappa shape index (κ3) is 4.32.